The third kappa shape index (κ3) is 4.72. The highest BCUT2D eigenvalue weighted by molar-refractivity contribution is 5.76. The molecule has 2 aliphatic rings. The van der Waals surface area contributed by atoms with Gasteiger partial charge in [-0.1, -0.05) is 6.92 Å². The van der Waals surface area contributed by atoms with Crippen molar-refractivity contribution in [2.75, 3.05) is 45.9 Å². The number of carbonyl (C=O) groups is 1. The van der Waals surface area contributed by atoms with Crippen LogP contribution >= 0.6 is 0 Å². The molecule has 0 aromatic rings. The van der Waals surface area contributed by atoms with E-state index >= 15 is 0 Å². The second-order valence-corrected chi connectivity index (χ2v) is 6.21. The fourth-order valence-electron chi connectivity index (χ4n) is 2.99. The Morgan fingerprint density at radius 2 is 2.05 bits per heavy atom. The number of piperazine rings is 1. The first-order valence-corrected chi connectivity index (χ1v) is 8.01. The molecule has 116 valence electrons. The number of ether oxygens (including phenoxy) is 1. The molecule has 2 N–H and O–H groups in total. The van der Waals surface area contributed by atoms with E-state index in [0.29, 0.717) is 12.3 Å². The van der Waals surface area contributed by atoms with Crippen LogP contribution in [0.2, 0.25) is 0 Å². The van der Waals surface area contributed by atoms with Crippen molar-refractivity contribution in [3.63, 3.8) is 0 Å². The lowest BCUT2D eigenvalue weighted by molar-refractivity contribution is -0.136. The fraction of sp³-hybridized carbons (Fsp3) is 0.933. The molecule has 0 bridgehead atoms. The molecule has 0 saturated carbocycles. The fourth-order valence-corrected chi connectivity index (χ4v) is 2.99. The second-order valence-electron chi connectivity index (χ2n) is 6.21. The van der Waals surface area contributed by atoms with Crippen LogP contribution < -0.4 is 5.73 Å². The van der Waals surface area contributed by atoms with Crippen molar-refractivity contribution in [1.29, 1.82) is 0 Å². The molecule has 20 heavy (non-hydrogen) atoms. The van der Waals surface area contributed by atoms with E-state index in [4.69, 9.17) is 10.5 Å². The largest absolute Gasteiger partial charge is 0.378 e. The number of hydrogen-bond acceptors (Lipinski definition) is 4. The van der Waals surface area contributed by atoms with Crippen LogP contribution in [0, 0.1) is 5.92 Å². The predicted octanol–water partition coefficient (Wildman–Crippen LogP) is 0.685. The number of rotatable bonds is 5. The zero-order valence-electron chi connectivity index (χ0n) is 12.7. The van der Waals surface area contributed by atoms with Crippen LogP contribution in [-0.4, -0.2) is 67.7 Å². The summed E-state index contributed by atoms with van der Waals surface area (Å²) in [4.78, 5) is 16.7. The maximum Gasteiger partial charge on any atom is 0.225 e. The summed E-state index contributed by atoms with van der Waals surface area (Å²) in [6.45, 7) is 8.43. The molecule has 2 heterocycles. The van der Waals surface area contributed by atoms with Gasteiger partial charge < -0.3 is 15.4 Å². The van der Waals surface area contributed by atoms with Gasteiger partial charge in [0.25, 0.3) is 0 Å². The summed E-state index contributed by atoms with van der Waals surface area (Å²) in [7, 11) is 0. The van der Waals surface area contributed by atoms with E-state index in [1.807, 2.05) is 4.90 Å². The minimum atomic E-state index is 0.159. The Labute approximate surface area is 122 Å². The van der Waals surface area contributed by atoms with E-state index in [2.05, 4.69) is 11.8 Å². The minimum Gasteiger partial charge on any atom is -0.378 e. The SMILES string of the molecule is CC(CN)CN1CCN(C(=O)CC2CCCCO2)CC1. The number of nitrogens with zero attached hydrogens (tertiary/aromatic N) is 2. The topological polar surface area (TPSA) is 58.8 Å². The normalized spacial score (nSPS) is 26.5. The van der Waals surface area contributed by atoms with Crippen LogP contribution in [0.15, 0.2) is 0 Å². The summed E-state index contributed by atoms with van der Waals surface area (Å²) < 4.78 is 5.66. The van der Waals surface area contributed by atoms with Gasteiger partial charge in [0.1, 0.15) is 0 Å². The first-order chi connectivity index (χ1) is 9.69. The Morgan fingerprint density at radius 3 is 2.65 bits per heavy atom. The maximum absolute atomic E-state index is 12.3. The van der Waals surface area contributed by atoms with Crippen LogP contribution in [-0.2, 0) is 9.53 Å². The standard InChI is InChI=1S/C15H29N3O2/c1-13(11-16)12-17-5-7-18(8-6-17)15(19)10-14-4-2-3-9-20-14/h13-14H,2-12,16H2,1H3. The van der Waals surface area contributed by atoms with E-state index < -0.39 is 0 Å². The van der Waals surface area contributed by atoms with Gasteiger partial charge in [0.2, 0.25) is 5.91 Å². The first-order valence-electron chi connectivity index (χ1n) is 8.01. The van der Waals surface area contributed by atoms with Gasteiger partial charge >= 0.3 is 0 Å². The molecule has 5 heteroatoms. The number of nitrogens with two attached hydrogens (primary N) is 1. The van der Waals surface area contributed by atoms with Gasteiger partial charge in [0.05, 0.1) is 12.5 Å². The van der Waals surface area contributed by atoms with Crippen LogP contribution in [0.1, 0.15) is 32.6 Å². The molecular formula is C15H29N3O2. The molecule has 0 aliphatic carbocycles. The highest BCUT2D eigenvalue weighted by Gasteiger charge is 2.25. The van der Waals surface area contributed by atoms with Crippen LogP contribution in [0.4, 0.5) is 0 Å². The minimum absolute atomic E-state index is 0.159. The molecular weight excluding hydrogens is 254 g/mol. The summed E-state index contributed by atoms with van der Waals surface area (Å²) in [5, 5.41) is 0. The van der Waals surface area contributed by atoms with Crippen molar-refractivity contribution in [2.45, 2.75) is 38.7 Å². The molecule has 2 unspecified atom stereocenters. The van der Waals surface area contributed by atoms with E-state index in [9.17, 15) is 4.79 Å². The molecule has 0 aromatic heterocycles. The zero-order chi connectivity index (χ0) is 14.4. The highest BCUT2D eigenvalue weighted by Crippen LogP contribution is 2.17. The molecule has 0 aromatic carbocycles. The Hall–Kier alpha value is -0.650. The van der Waals surface area contributed by atoms with Crippen LogP contribution in [0.5, 0.6) is 0 Å². The third-order valence-corrected chi connectivity index (χ3v) is 4.37. The van der Waals surface area contributed by atoms with E-state index in [1.165, 1.54) is 6.42 Å². The van der Waals surface area contributed by atoms with E-state index in [-0.39, 0.29) is 12.0 Å². The molecule has 0 radical (unpaired) electrons. The average molecular weight is 283 g/mol. The Balaban J connectivity index is 1.68. The van der Waals surface area contributed by atoms with Gasteiger partial charge in [-0.3, -0.25) is 9.69 Å². The Kier molecular flexibility index (Phi) is 6.26. The van der Waals surface area contributed by atoms with Crippen molar-refractivity contribution in [1.82, 2.24) is 9.80 Å². The van der Waals surface area contributed by atoms with Crippen molar-refractivity contribution >= 4 is 5.91 Å². The molecule has 1 amide bonds. The van der Waals surface area contributed by atoms with Crippen molar-refractivity contribution < 1.29 is 9.53 Å². The summed E-state index contributed by atoms with van der Waals surface area (Å²) in [6, 6.07) is 0. The second kappa shape index (κ2) is 7.96. The summed E-state index contributed by atoms with van der Waals surface area (Å²) in [5.41, 5.74) is 5.66. The molecule has 2 atom stereocenters. The smallest absolute Gasteiger partial charge is 0.225 e. The average Bonchev–Trinajstić information content (AvgIpc) is 2.49. The lowest BCUT2D eigenvalue weighted by atomic mass is 10.1. The molecule has 2 aliphatic heterocycles. The van der Waals surface area contributed by atoms with Crippen molar-refractivity contribution in [3.05, 3.63) is 0 Å². The third-order valence-electron chi connectivity index (χ3n) is 4.37. The Bertz CT molecular complexity index is 297. The lowest BCUT2D eigenvalue weighted by Gasteiger charge is -2.36. The first kappa shape index (κ1) is 15.7. The van der Waals surface area contributed by atoms with Gasteiger partial charge in [-0.25, -0.2) is 0 Å². The van der Waals surface area contributed by atoms with Gasteiger partial charge in [-0.15, -0.1) is 0 Å². The van der Waals surface area contributed by atoms with Crippen molar-refractivity contribution in [2.24, 2.45) is 11.7 Å². The zero-order valence-corrected chi connectivity index (χ0v) is 12.7. The van der Waals surface area contributed by atoms with Crippen LogP contribution in [0.25, 0.3) is 0 Å². The molecule has 2 fully saturated rings. The molecule has 5 nitrogen and oxygen atoms in total. The van der Waals surface area contributed by atoms with Crippen LogP contribution in [0.3, 0.4) is 0 Å². The summed E-state index contributed by atoms with van der Waals surface area (Å²) in [5.74, 6) is 0.802. The number of hydrogen-bond donors (Lipinski definition) is 1. The van der Waals surface area contributed by atoms with E-state index in [1.54, 1.807) is 0 Å². The highest BCUT2D eigenvalue weighted by atomic mass is 16.5. The maximum atomic E-state index is 12.3. The van der Waals surface area contributed by atoms with Gasteiger partial charge in [-0.05, 0) is 31.7 Å². The lowest BCUT2D eigenvalue weighted by Crippen LogP contribution is -2.50. The molecule has 0 spiro atoms. The van der Waals surface area contributed by atoms with Gasteiger partial charge in [-0.2, -0.15) is 0 Å². The molecule has 2 rings (SSSR count). The monoisotopic (exact) mass is 283 g/mol. The molecule has 2 saturated heterocycles. The van der Waals surface area contributed by atoms with Gasteiger partial charge in [0, 0.05) is 39.3 Å². The summed E-state index contributed by atoms with van der Waals surface area (Å²) >= 11 is 0. The predicted molar refractivity (Wildman–Crippen MR) is 79.4 cm³/mol. The number of amides is 1. The van der Waals surface area contributed by atoms with Gasteiger partial charge in [0.15, 0.2) is 0 Å². The summed E-state index contributed by atoms with van der Waals surface area (Å²) in [6.07, 6.45) is 4.11. The van der Waals surface area contributed by atoms with Crippen molar-refractivity contribution in [3.8, 4) is 0 Å². The Morgan fingerprint density at radius 1 is 1.30 bits per heavy atom. The number of carbonyl (C=O) groups excluding carboxylic acids is 1. The van der Waals surface area contributed by atoms with E-state index in [0.717, 1.165) is 58.7 Å². The quantitative estimate of drug-likeness (QED) is 0.806.